The molecule has 0 spiro atoms. The van der Waals surface area contributed by atoms with Crippen LogP contribution in [0.3, 0.4) is 0 Å². The normalized spacial score (nSPS) is 12.8. The van der Waals surface area contributed by atoms with Crippen LogP contribution in [0.4, 0.5) is 23.1 Å². The fraction of sp³-hybridized carbons (Fsp3) is 0.111. The van der Waals surface area contributed by atoms with Gasteiger partial charge in [0, 0.05) is 23.9 Å². The van der Waals surface area contributed by atoms with E-state index in [2.05, 4.69) is 20.0 Å². The van der Waals surface area contributed by atoms with Crippen molar-refractivity contribution < 1.29 is 12.8 Å². The molecule has 2 N–H and O–H groups in total. The van der Waals surface area contributed by atoms with E-state index in [4.69, 9.17) is 4.42 Å². The number of fused-ring (bicyclic) bond motifs is 1. The van der Waals surface area contributed by atoms with Crippen molar-refractivity contribution in [2.75, 3.05) is 16.3 Å². The highest BCUT2D eigenvalue weighted by molar-refractivity contribution is 7.92. The van der Waals surface area contributed by atoms with Crippen LogP contribution in [-0.2, 0) is 16.4 Å². The molecule has 3 aromatic rings. The maximum Gasteiger partial charge on any atom is 0.299 e. The molecule has 26 heavy (non-hydrogen) atoms. The largest absolute Gasteiger partial charge is 0.423 e. The number of nitrogens with one attached hydrogen (secondary N) is 2. The Morgan fingerprint density at radius 1 is 1.12 bits per heavy atom. The first-order valence-electron chi connectivity index (χ1n) is 7.93. The first kappa shape index (κ1) is 16.3. The van der Waals surface area contributed by atoms with Crippen molar-refractivity contribution in [2.45, 2.75) is 6.42 Å². The van der Waals surface area contributed by atoms with E-state index < -0.39 is 10.0 Å². The minimum Gasteiger partial charge on any atom is -0.423 e. The predicted molar refractivity (Wildman–Crippen MR) is 102 cm³/mol. The number of benzene rings is 2. The van der Waals surface area contributed by atoms with Crippen LogP contribution in [0.5, 0.6) is 0 Å². The monoisotopic (exact) mass is 368 g/mol. The van der Waals surface area contributed by atoms with Crippen molar-refractivity contribution in [3.8, 4) is 11.3 Å². The second-order valence-electron chi connectivity index (χ2n) is 5.97. The van der Waals surface area contributed by atoms with Gasteiger partial charge in [0.25, 0.3) is 6.01 Å². The van der Waals surface area contributed by atoms with Gasteiger partial charge in [0.2, 0.25) is 10.0 Å². The molecule has 0 amide bonds. The van der Waals surface area contributed by atoms with E-state index >= 15 is 0 Å². The zero-order valence-corrected chi connectivity index (χ0v) is 14.7. The quantitative estimate of drug-likeness (QED) is 0.715. The summed E-state index contributed by atoms with van der Waals surface area (Å²) in [5.41, 5.74) is 4.20. The molecule has 1 aromatic heterocycles. The summed E-state index contributed by atoms with van der Waals surface area (Å²) in [6.45, 7) is 0. The van der Waals surface area contributed by atoms with Crippen molar-refractivity contribution >= 4 is 39.3 Å². The van der Waals surface area contributed by atoms with Gasteiger partial charge in [0.05, 0.1) is 23.8 Å². The minimum absolute atomic E-state index is 0.327. The van der Waals surface area contributed by atoms with E-state index in [0.29, 0.717) is 23.1 Å². The number of hydrogen-bond donors (Lipinski definition) is 2. The molecule has 0 aliphatic carbocycles. The number of hydrogen-bond acceptors (Lipinski definition) is 6. The molecule has 0 bridgehead atoms. The average Bonchev–Trinajstić information content (AvgIpc) is 3.21. The van der Waals surface area contributed by atoms with Gasteiger partial charge in [-0.2, -0.15) is 0 Å². The van der Waals surface area contributed by atoms with Gasteiger partial charge in [-0.15, -0.1) is 0 Å². The molecule has 8 heteroatoms. The molecule has 2 aromatic carbocycles. The highest BCUT2D eigenvalue weighted by Gasteiger charge is 2.12. The maximum absolute atomic E-state index is 11.3. The number of oxazole rings is 1. The first-order chi connectivity index (χ1) is 12.5. The summed E-state index contributed by atoms with van der Waals surface area (Å²) in [7, 11) is -3.33. The van der Waals surface area contributed by atoms with Crippen LogP contribution in [0, 0.1) is 0 Å². The highest BCUT2D eigenvalue weighted by Crippen LogP contribution is 2.31. The third kappa shape index (κ3) is 3.60. The second-order valence-corrected chi connectivity index (χ2v) is 7.72. The fourth-order valence-corrected chi connectivity index (χ4v) is 3.29. The van der Waals surface area contributed by atoms with Crippen molar-refractivity contribution in [3.63, 3.8) is 0 Å². The number of rotatable bonds is 5. The lowest BCUT2D eigenvalue weighted by molar-refractivity contribution is 0.592. The van der Waals surface area contributed by atoms with Crippen LogP contribution >= 0.6 is 0 Å². The number of aliphatic imine (C=N–C) groups is 1. The Morgan fingerprint density at radius 3 is 2.81 bits per heavy atom. The summed E-state index contributed by atoms with van der Waals surface area (Å²) in [5, 5.41) is 3.04. The molecule has 2 heterocycles. The molecule has 1 aliphatic rings. The Hall–Kier alpha value is -3.13. The van der Waals surface area contributed by atoms with E-state index in [0.717, 1.165) is 29.5 Å². The lowest BCUT2D eigenvalue weighted by Crippen LogP contribution is -2.09. The number of aromatic nitrogens is 1. The SMILES string of the molecule is CS(=O)(=O)Nc1cccc(Nc2ncc(-c3ccc4c(c3)CC=N4)o2)c1. The van der Waals surface area contributed by atoms with Crippen molar-refractivity contribution in [1.82, 2.24) is 4.98 Å². The van der Waals surface area contributed by atoms with Crippen molar-refractivity contribution in [1.29, 1.82) is 0 Å². The van der Waals surface area contributed by atoms with Gasteiger partial charge >= 0.3 is 0 Å². The van der Waals surface area contributed by atoms with Gasteiger partial charge in [-0.1, -0.05) is 6.07 Å². The second kappa shape index (κ2) is 6.30. The zero-order chi connectivity index (χ0) is 18.1. The summed E-state index contributed by atoms with van der Waals surface area (Å²) in [4.78, 5) is 8.53. The Labute approximate surface area is 150 Å². The number of sulfonamides is 1. The molecule has 132 valence electrons. The molecule has 0 saturated heterocycles. The lowest BCUT2D eigenvalue weighted by Gasteiger charge is -2.06. The smallest absolute Gasteiger partial charge is 0.299 e. The van der Waals surface area contributed by atoms with Gasteiger partial charge in [-0.25, -0.2) is 13.4 Å². The van der Waals surface area contributed by atoms with E-state index in [1.165, 1.54) is 0 Å². The molecule has 4 rings (SSSR count). The van der Waals surface area contributed by atoms with E-state index in [1.807, 2.05) is 24.4 Å². The Morgan fingerprint density at radius 2 is 1.96 bits per heavy atom. The highest BCUT2D eigenvalue weighted by atomic mass is 32.2. The van der Waals surface area contributed by atoms with Gasteiger partial charge < -0.3 is 9.73 Å². The fourth-order valence-electron chi connectivity index (χ4n) is 2.73. The maximum atomic E-state index is 11.3. The molecule has 0 radical (unpaired) electrons. The van der Waals surface area contributed by atoms with Crippen LogP contribution in [0.15, 0.2) is 58.1 Å². The zero-order valence-electron chi connectivity index (χ0n) is 13.9. The molecular weight excluding hydrogens is 352 g/mol. The van der Waals surface area contributed by atoms with Gasteiger partial charge in [-0.05, 0) is 42.0 Å². The average molecular weight is 368 g/mol. The standard InChI is InChI=1S/C18H16N4O3S/c1-26(23,24)22-15-4-2-3-14(10-15)21-18-20-11-17(25-18)13-5-6-16-12(9-13)7-8-19-16/h2-6,8-11,22H,7H2,1H3,(H,20,21). The van der Waals surface area contributed by atoms with Crippen LogP contribution in [0.1, 0.15) is 5.56 Å². The molecule has 0 saturated carbocycles. The third-order valence-corrected chi connectivity index (χ3v) is 4.43. The summed E-state index contributed by atoms with van der Waals surface area (Å²) in [6, 6.07) is 13.1. The predicted octanol–water partition coefficient (Wildman–Crippen LogP) is 3.72. The van der Waals surface area contributed by atoms with Crippen molar-refractivity contribution in [2.24, 2.45) is 4.99 Å². The van der Waals surface area contributed by atoms with Crippen LogP contribution in [0.25, 0.3) is 11.3 Å². The third-order valence-electron chi connectivity index (χ3n) is 3.83. The molecular formula is C18H16N4O3S. The van der Waals surface area contributed by atoms with Gasteiger partial charge in [-0.3, -0.25) is 9.71 Å². The van der Waals surface area contributed by atoms with Gasteiger partial charge in [0.15, 0.2) is 5.76 Å². The minimum atomic E-state index is -3.33. The topological polar surface area (TPSA) is 96.6 Å². The number of nitrogens with zero attached hydrogens (tertiary/aromatic N) is 2. The first-order valence-corrected chi connectivity index (χ1v) is 9.82. The Balaban J connectivity index is 1.53. The number of anilines is 3. The van der Waals surface area contributed by atoms with Crippen LogP contribution in [-0.4, -0.2) is 25.9 Å². The molecule has 0 fully saturated rings. The lowest BCUT2D eigenvalue weighted by atomic mass is 10.1. The van der Waals surface area contributed by atoms with E-state index in [1.54, 1.807) is 30.5 Å². The van der Waals surface area contributed by atoms with Crippen molar-refractivity contribution in [3.05, 3.63) is 54.2 Å². The molecule has 1 aliphatic heterocycles. The molecule has 0 unspecified atom stereocenters. The Bertz CT molecular complexity index is 1100. The molecule has 7 nitrogen and oxygen atoms in total. The molecule has 0 atom stereocenters. The van der Waals surface area contributed by atoms with Gasteiger partial charge in [0.1, 0.15) is 0 Å². The van der Waals surface area contributed by atoms with Crippen LogP contribution < -0.4 is 10.0 Å². The van der Waals surface area contributed by atoms with Crippen LogP contribution in [0.2, 0.25) is 0 Å². The summed E-state index contributed by atoms with van der Waals surface area (Å²) in [5.74, 6) is 0.646. The summed E-state index contributed by atoms with van der Waals surface area (Å²) >= 11 is 0. The summed E-state index contributed by atoms with van der Waals surface area (Å²) in [6.07, 6.45) is 5.47. The Kier molecular flexibility index (Phi) is 3.96. The summed E-state index contributed by atoms with van der Waals surface area (Å²) < 4.78 is 30.9. The van der Waals surface area contributed by atoms with E-state index in [-0.39, 0.29) is 0 Å². The van der Waals surface area contributed by atoms with E-state index in [9.17, 15) is 8.42 Å².